The van der Waals surface area contributed by atoms with Crippen LogP contribution in [-0.2, 0) is 9.59 Å². The predicted octanol–water partition coefficient (Wildman–Crippen LogP) is 4.03. The number of hydrogen-bond acceptors (Lipinski definition) is 7. The van der Waals surface area contributed by atoms with Crippen LogP contribution in [0.2, 0.25) is 0 Å². The molecule has 0 fully saturated rings. The van der Waals surface area contributed by atoms with Crippen LogP contribution in [0.3, 0.4) is 0 Å². The van der Waals surface area contributed by atoms with Crippen LogP contribution >= 0.6 is 11.8 Å². The van der Waals surface area contributed by atoms with Gasteiger partial charge in [0.25, 0.3) is 0 Å². The normalized spacial score (nSPS) is 10.5. The molecule has 0 saturated carbocycles. The minimum atomic E-state index is -0.190. The second kappa shape index (κ2) is 10.6. The number of nitrogens with one attached hydrogen (secondary N) is 2. The van der Waals surface area contributed by atoms with Gasteiger partial charge >= 0.3 is 0 Å². The maximum absolute atomic E-state index is 12.6. The summed E-state index contributed by atoms with van der Waals surface area (Å²) in [7, 11) is 1.61. The number of aromatic nitrogens is 4. The van der Waals surface area contributed by atoms with E-state index in [2.05, 4.69) is 25.8 Å². The van der Waals surface area contributed by atoms with Gasteiger partial charge in [0.05, 0.1) is 12.9 Å². The second-order valence-corrected chi connectivity index (χ2v) is 8.12. The van der Waals surface area contributed by atoms with Crippen LogP contribution in [0.15, 0.2) is 78.2 Å². The molecule has 2 amide bonds. The molecule has 2 heterocycles. The van der Waals surface area contributed by atoms with Crippen LogP contribution in [0.1, 0.15) is 6.92 Å². The summed E-state index contributed by atoms with van der Waals surface area (Å²) in [6.45, 7) is 1.44. The first-order chi connectivity index (χ1) is 16.5. The Labute approximate surface area is 200 Å². The zero-order valence-corrected chi connectivity index (χ0v) is 19.4. The Balaban J connectivity index is 1.51. The van der Waals surface area contributed by atoms with Gasteiger partial charge in [0, 0.05) is 41.9 Å². The smallest absolute Gasteiger partial charge is 0.234 e. The maximum atomic E-state index is 12.6. The van der Waals surface area contributed by atoms with E-state index >= 15 is 0 Å². The molecule has 0 aliphatic heterocycles. The molecule has 0 atom stereocenters. The fourth-order valence-corrected chi connectivity index (χ4v) is 3.93. The van der Waals surface area contributed by atoms with Crippen molar-refractivity contribution in [2.75, 3.05) is 23.5 Å². The van der Waals surface area contributed by atoms with Gasteiger partial charge in [-0.05, 0) is 60.7 Å². The van der Waals surface area contributed by atoms with Gasteiger partial charge in [-0.15, -0.1) is 10.2 Å². The molecule has 2 aromatic carbocycles. The molecule has 9 nitrogen and oxygen atoms in total. The lowest BCUT2D eigenvalue weighted by Crippen LogP contribution is -2.14. The number of nitrogens with zero attached hydrogens (tertiary/aromatic N) is 4. The Morgan fingerprint density at radius 3 is 2.29 bits per heavy atom. The highest BCUT2D eigenvalue weighted by molar-refractivity contribution is 7.99. The summed E-state index contributed by atoms with van der Waals surface area (Å²) in [5.74, 6) is 1.14. The van der Waals surface area contributed by atoms with Crippen molar-refractivity contribution in [1.82, 2.24) is 19.7 Å². The van der Waals surface area contributed by atoms with E-state index in [1.54, 1.807) is 43.8 Å². The molecular formula is C24H22N6O3S. The predicted molar refractivity (Wildman–Crippen MR) is 131 cm³/mol. The number of benzene rings is 2. The fraction of sp³-hybridized carbons (Fsp3) is 0.125. The molecule has 172 valence electrons. The molecule has 0 saturated heterocycles. The fourth-order valence-electron chi connectivity index (χ4n) is 3.18. The largest absolute Gasteiger partial charge is 0.497 e. The van der Waals surface area contributed by atoms with Gasteiger partial charge < -0.3 is 15.4 Å². The van der Waals surface area contributed by atoms with E-state index in [9.17, 15) is 9.59 Å². The van der Waals surface area contributed by atoms with Crippen LogP contribution in [0.5, 0.6) is 5.75 Å². The zero-order chi connectivity index (χ0) is 23.9. The van der Waals surface area contributed by atoms with Crippen LogP contribution in [0.4, 0.5) is 11.4 Å². The first-order valence-corrected chi connectivity index (χ1v) is 11.3. The summed E-state index contributed by atoms with van der Waals surface area (Å²) < 4.78 is 7.15. The van der Waals surface area contributed by atoms with E-state index in [4.69, 9.17) is 4.74 Å². The Hall–Kier alpha value is -4.18. The van der Waals surface area contributed by atoms with Crippen molar-refractivity contribution in [3.05, 3.63) is 73.1 Å². The van der Waals surface area contributed by atoms with Crippen molar-refractivity contribution in [2.24, 2.45) is 0 Å². The number of methoxy groups -OCH3 is 1. The molecule has 0 aliphatic rings. The summed E-state index contributed by atoms with van der Waals surface area (Å²) in [4.78, 5) is 27.9. The number of amides is 2. The lowest BCUT2D eigenvalue weighted by molar-refractivity contribution is -0.114. The molecule has 0 bridgehead atoms. The van der Waals surface area contributed by atoms with Crippen molar-refractivity contribution in [1.29, 1.82) is 0 Å². The number of pyridine rings is 1. The Bertz CT molecular complexity index is 1270. The summed E-state index contributed by atoms with van der Waals surface area (Å²) in [6, 6.07) is 18.2. The number of rotatable bonds is 8. The van der Waals surface area contributed by atoms with Crippen LogP contribution in [0, 0.1) is 0 Å². The van der Waals surface area contributed by atoms with E-state index < -0.39 is 0 Å². The number of anilines is 2. The minimum Gasteiger partial charge on any atom is -0.497 e. The molecular weight excluding hydrogens is 452 g/mol. The van der Waals surface area contributed by atoms with Gasteiger partial charge in [-0.25, -0.2) is 0 Å². The van der Waals surface area contributed by atoms with Gasteiger partial charge in [-0.1, -0.05) is 11.8 Å². The minimum absolute atomic E-state index is 0.134. The summed E-state index contributed by atoms with van der Waals surface area (Å²) in [6.07, 6.45) is 3.41. The molecule has 4 aromatic rings. The highest BCUT2D eigenvalue weighted by Gasteiger charge is 2.17. The summed E-state index contributed by atoms with van der Waals surface area (Å²) in [5, 5.41) is 14.8. The van der Waals surface area contributed by atoms with Gasteiger partial charge in [0.15, 0.2) is 11.0 Å². The van der Waals surface area contributed by atoms with E-state index in [0.717, 1.165) is 17.0 Å². The highest BCUT2D eigenvalue weighted by atomic mass is 32.2. The quantitative estimate of drug-likeness (QED) is 0.371. The third kappa shape index (κ3) is 5.59. The molecule has 34 heavy (non-hydrogen) atoms. The molecule has 4 rings (SSSR count). The van der Waals surface area contributed by atoms with Gasteiger partial charge in [0.2, 0.25) is 11.8 Å². The van der Waals surface area contributed by atoms with Crippen molar-refractivity contribution in [3.8, 4) is 22.8 Å². The van der Waals surface area contributed by atoms with E-state index in [-0.39, 0.29) is 17.6 Å². The summed E-state index contributed by atoms with van der Waals surface area (Å²) in [5.41, 5.74) is 2.94. The lowest BCUT2D eigenvalue weighted by atomic mass is 10.2. The average Bonchev–Trinajstić information content (AvgIpc) is 3.28. The van der Waals surface area contributed by atoms with Crippen molar-refractivity contribution < 1.29 is 14.3 Å². The SMILES string of the molecule is COc1ccc(-n2c(SCC(=O)Nc3ccc(NC(C)=O)cc3)nnc2-c2cccnc2)cc1. The van der Waals surface area contributed by atoms with Crippen molar-refractivity contribution >= 4 is 35.0 Å². The Morgan fingerprint density at radius 1 is 0.971 bits per heavy atom. The monoisotopic (exact) mass is 474 g/mol. The zero-order valence-electron chi connectivity index (χ0n) is 18.6. The first kappa shape index (κ1) is 23.0. The standard InChI is InChI=1S/C24H22N6O3S/c1-16(31)26-18-5-7-19(8-6-18)27-22(32)15-34-24-29-28-23(17-4-3-13-25-14-17)30(24)20-9-11-21(33-2)12-10-20/h3-14H,15H2,1-2H3,(H,26,31)(H,27,32). The lowest BCUT2D eigenvalue weighted by Gasteiger charge is -2.11. The molecule has 2 aromatic heterocycles. The summed E-state index contributed by atoms with van der Waals surface area (Å²) >= 11 is 1.27. The molecule has 10 heteroatoms. The number of carbonyl (C=O) groups excluding carboxylic acids is 2. The maximum Gasteiger partial charge on any atom is 0.234 e. The van der Waals surface area contributed by atoms with E-state index in [0.29, 0.717) is 22.4 Å². The van der Waals surface area contributed by atoms with Crippen LogP contribution in [0.25, 0.3) is 17.1 Å². The van der Waals surface area contributed by atoms with Gasteiger partial charge in [-0.2, -0.15) is 0 Å². The molecule has 0 unspecified atom stereocenters. The molecule has 0 aliphatic carbocycles. The third-order valence-corrected chi connectivity index (χ3v) is 5.63. The van der Waals surface area contributed by atoms with Crippen LogP contribution in [-0.4, -0.2) is 44.4 Å². The van der Waals surface area contributed by atoms with E-state index in [1.165, 1.54) is 18.7 Å². The molecule has 0 radical (unpaired) electrons. The number of thioether (sulfide) groups is 1. The van der Waals surface area contributed by atoms with Crippen LogP contribution < -0.4 is 15.4 Å². The number of ether oxygens (including phenoxy) is 1. The van der Waals surface area contributed by atoms with E-state index in [1.807, 2.05) is 41.0 Å². The van der Waals surface area contributed by atoms with Crippen molar-refractivity contribution in [2.45, 2.75) is 12.1 Å². The van der Waals surface area contributed by atoms with Gasteiger partial charge in [-0.3, -0.25) is 19.1 Å². The molecule has 2 N–H and O–H groups in total. The Kier molecular flexibility index (Phi) is 7.19. The Morgan fingerprint density at radius 2 is 1.68 bits per heavy atom. The third-order valence-electron chi connectivity index (χ3n) is 4.71. The van der Waals surface area contributed by atoms with Crippen molar-refractivity contribution in [3.63, 3.8) is 0 Å². The number of hydrogen-bond donors (Lipinski definition) is 2. The number of carbonyl (C=O) groups is 2. The second-order valence-electron chi connectivity index (χ2n) is 7.18. The first-order valence-electron chi connectivity index (χ1n) is 10.3. The highest BCUT2D eigenvalue weighted by Crippen LogP contribution is 2.28. The topological polar surface area (TPSA) is 111 Å². The van der Waals surface area contributed by atoms with Gasteiger partial charge in [0.1, 0.15) is 5.75 Å². The molecule has 0 spiro atoms. The average molecular weight is 475 g/mol.